The van der Waals surface area contributed by atoms with Gasteiger partial charge in [0.1, 0.15) is 11.5 Å². The summed E-state index contributed by atoms with van der Waals surface area (Å²) < 4.78 is 9.53. The fraction of sp³-hybridized carbons (Fsp3) is 0.231. The molecule has 2 aromatic rings. The van der Waals surface area contributed by atoms with Gasteiger partial charge in [-0.1, -0.05) is 6.92 Å². The van der Waals surface area contributed by atoms with E-state index in [0.717, 1.165) is 0 Å². The summed E-state index contributed by atoms with van der Waals surface area (Å²) in [5.41, 5.74) is -0.790. The molecule has 2 rings (SSSR count). The first-order valence-electron chi connectivity index (χ1n) is 5.54. The summed E-state index contributed by atoms with van der Waals surface area (Å²) >= 11 is 0. The summed E-state index contributed by atoms with van der Waals surface area (Å²) in [4.78, 5) is 21.2. The molecular weight excluding hydrogens is 308 g/mol. The Morgan fingerprint density at radius 1 is 1.00 bits per heavy atom. The average molecular weight is 322 g/mol. The zero-order valence-corrected chi connectivity index (χ0v) is 12.0. The van der Waals surface area contributed by atoms with Crippen molar-refractivity contribution in [2.75, 3.05) is 0 Å². The zero-order valence-electron chi connectivity index (χ0n) is 10.9. The molecule has 110 valence electrons. The van der Waals surface area contributed by atoms with Gasteiger partial charge in [-0.25, -0.2) is 0 Å². The van der Waals surface area contributed by atoms with Crippen LogP contribution in [-0.2, 0) is 23.5 Å². The van der Waals surface area contributed by atoms with Crippen molar-refractivity contribution in [1.29, 1.82) is 0 Å². The standard InChI is InChI=1S/C7H8O3.C6H6O3.Fe/c1-2-6-7(9)5(8)3-4-10-6;1-4-6(8)5(7)2-3-9-4;/h3-4,9H,2H2,1H3;2-3,8H,1H3;. The minimum Gasteiger partial charge on any atom is -0.502 e. The van der Waals surface area contributed by atoms with E-state index < -0.39 is 5.43 Å². The monoisotopic (exact) mass is 322 g/mol. The van der Waals surface area contributed by atoms with Gasteiger partial charge < -0.3 is 19.0 Å². The minimum absolute atomic E-state index is 0. The van der Waals surface area contributed by atoms with Gasteiger partial charge in [0.25, 0.3) is 0 Å². The predicted molar refractivity (Wildman–Crippen MR) is 67.4 cm³/mol. The Kier molecular flexibility index (Phi) is 7.43. The molecule has 2 heterocycles. The SMILES string of the molecule is CCc1occc(=O)c1O.Cc1occc(=O)c1O.[Fe]. The fourth-order valence-electron chi connectivity index (χ4n) is 1.21. The Bertz CT molecular complexity index is 658. The molecule has 2 aromatic heterocycles. The summed E-state index contributed by atoms with van der Waals surface area (Å²) in [7, 11) is 0. The van der Waals surface area contributed by atoms with E-state index in [0.29, 0.717) is 12.2 Å². The topological polar surface area (TPSA) is 101 Å². The third kappa shape index (κ3) is 4.60. The number of rotatable bonds is 1. The molecule has 0 spiro atoms. The Morgan fingerprint density at radius 3 is 1.90 bits per heavy atom. The molecule has 0 fully saturated rings. The molecule has 0 amide bonds. The van der Waals surface area contributed by atoms with Gasteiger partial charge in [-0.05, 0) is 6.92 Å². The smallest absolute Gasteiger partial charge is 0.226 e. The Labute approximate surface area is 125 Å². The number of hydrogen-bond acceptors (Lipinski definition) is 6. The quantitative estimate of drug-likeness (QED) is 0.773. The first-order valence-corrected chi connectivity index (χ1v) is 5.54. The van der Waals surface area contributed by atoms with Crippen LogP contribution >= 0.6 is 0 Å². The number of aromatic hydroxyl groups is 2. The van der Waals surface area contributed by atoms with Gasteiger partial charge in [0, 0.05) is 35.6 Å². The van der Waals surface area contributed by atoms with E-state index in [1.807, 2.05) is 0 Å². The van der Waals surface area contributed by atoms with Gasteiger partial charge in [-0.15, -0.1) is 0 Å². The van der Waals surface area contributed by atoms with Crippen LogP contribution in [0.1, 0.15) is 18.4 Å². The second-order valence-electron chi connectivity index (χ2n) is 3.60. The van der Waals surface area contributed by atoms with Gasteiger partial charge in [-0.2, -0.15) is 0 Å². The van der Waals surface area contributed by atoms with Crippen molar-refractivity contribution in [3.05, 3.63) is 56.6 Å². The third-order valence-electron chi connectivity index (χ3n) is 2.28. The first-order chi connectivity index (χ1) is 8.97. The van der Waals surface area contributed by atoms with Crippen LogP contribution in [-0.4, -0.2) is 10.2 Å². The Hall–Kier alpha value is -1.98. The van der Waals surface area contributed by atoms with Crippen LogP contribution in [0.3, 0.4) is 0 Å². The predicted octanol–water partition coefficient (Wildman–Crippen LogP) is 1.56. The molecule has 6 nitrogen and oxygen atoms in total. The van der Waals surface area contributed by atoms with E-state index >= 15 is 0 Å². The van der Waals surface area contributed by atoms with Crippen LogP contribution < -0.4 is 10.9 Å². The van der Waals surface area contributed by atoms with E-state index in [-0.39, 0.29) is 39.8 Å². The molecular formula is C13H14FeO6. The van der Waals surface area contributed by atoms with Crippen molar-refractivity contribution in [3.63, 3.8) is 0 Å². The molecule has 0 unspecified atom stereocenters. The fourth-order valence-corrected chi connectivity index (χ4v) is 1.21. The molecule has 0 radical (unpaired) electrons. The minimum atomic E-state index is -0.404. The molecule has 2 N–H and O–H groups in total. The average Bonchev–Trinajstić information content (AvgIpc) is 2.40. The van der Waals surface area contributed by atoms with Gasteiger partial charge in [-0.3, -0.25) is 9.59 Å². The first kappa shape index (κ1) is 18.0. The van der Waals surface area contributed by atoms with Crippen LogP contribution in [0.2, 0.25) is 0 Å². The van der Waals surface area contributed by atoms with Crippen LogP contribution in [0.4, 0.5) is 0 Å². The normalized spacial score (nSPS) is 9.10. The number of aryl methyl sites for hydroxylation is 2. The Balaban J connectivity index is 0.000000345. The van der Waals surface area contributed by atoms with Crippen molar-refractivity contribution in [2.24, 2.45) is 0 Å². The summed E-state index contributed by atoms with van der Waals surface area (Å²) in [5, 5.41) is 17.8. The summed E-state index contributed by atoms with van der Waals surface area (Å²) in [6.07, 6.45) is 3.06. The third-order valence-corrected chi connectivity index (χ3v) is 2.28. The molecule has 0 bridgehead atoms. The van der Waals surface area contributed by atoms with Crippen LogP contribution in [0.5, 0.6) is 11.5 Å². The van der Waals surface area contributed by atoms with Gasteiger partial charge >= 0.3 is 0 Å². The van der Waals surface area contributed by atoms with Gasteiger partial charge in [0.2, 0.25) is 22.4 Å². The van der Waals surface area contributed by atoms with E-state index in [4.69, 9.17) is 14.6 Å². The van der Waals surface area contributed by atoms with E-state index in [1.165, 1.54) is 31.6 Å². The van der Waals surface area contributed by atoms with Crippen molar-refractivity contribution in [2.45, 2.75) is 20.3 Å². The molecule has 20 heavy (non-hydrogen) atoms. The van der Waals surface area contributed by atoms with Crippen LogP contribution in [0.15, 0.2) is 43.1 Å². The van der Waals surface area contributed by atoms with Gasteiger partial charge in [0.15, 0.2) is 0 Å². The maximum atomic E-state index is 10.7. The number of hydrogen-bond donors (Lipinski definition) is 2. The second kappa shape index (κ2) is 8.24. The second-order valence-corrected chi connectivity index (χ2v) is 3.60. The van der Waals surface area contributed by atoms with Gasteiger partial charge in [0.05, 0.1) is 12.5 Å². The molecule has 0 aliphatic carbocycles. The molecule has 0 atom stereocenters. The van der Waals surface area contributed by atoms with Crippen LogP contribution in [0, 0.1) is 6.92 Å². The van der Waals surface area contributed by atoms with Crippen LogP contribution in [0.25, 0.3) is 0 Å². The Morgan fingerprint density at radius 2 is 1.50 bits per heavy atom. The van der Waals surface area contributed by atoms with E-state index in [2.05, 4.69) is 4.42 Å². The van der Waals surface area contributed by atoms with Crippen molar-refractivity contribution >= 4 is 0 Å². The largest absolute Gasteiger partial charge is 0.502 e. The van der Waals surface area contributed by atoms with Crippen molar-refractivity contribution < 1.29 is 36.1 Å². The molecule has 0 saturated carbocycles. The molecule has 0 saturated heterocycles. The molecule has 0 aliphatic heterocycles. The maximum Gasteiger partial charge on any atom is 0.226 e. The summed E-state index contributed by atoms with van der Waals surface area (Å²) in [6.45, 7) is 3.33. The summed E-state index contributed by atoms with van der Waals surface area (Å²) in [6, 6.07) is 2.36. The van der Waals surface area contributed by atoms with E-state index in [9.17, 15) is 9.59 Å². The van der Waals surface area contributed by atoms with Crippen molar-refractivity contribution in [1.82, 2.24) is 0 Å². The van der Waals surface area contributed by atoms with Crippen molar-refractivity contribution in [3.8, 4) is 11.5 Å². The zero-order chi connectivity index (χ0) is 14.4. The van der Waals surface area contributed by atoms with E-state index in [1.54, 1.807) is 6.92 Å². The molecule has 7 heteroatoms. The molecule has 0 aliphatic rings. The maximum absolute atomic E-state index is 10.7. The summed E-state index contributed by atoms with van der Waals surface area (Å²) in [5.74, 6) is 0.0116. The molecule has 0 aromatic carbocycles.